The maximum Gasteiger partial charge on any atom is 0.0864 e. The van der Waals surface area contributed by atoms with Crippen molar-refractivity contribution in [1.82, 2.24) is 0 Å². The van der Waals surface area contributed by atoms with E-state index in [1.165, 1.54) is 5.56 Å². The molecule has 0 saturated carbocycles. The Kier molecular flexibility index (Phi) is 4.85. The molecule has 0 unspecified atom stereocenters. The van der Waals surface area contributed by atoms with Crippen LogP contribution in [0.3, 0.4) is 0 Å². The number of anilines is 1. The van der Waals surface area contributed by atoms with Crippen LogP contribution in [-0.2, 0) is 0 Å². The normalized spacial score (nSPS) is 16.5. The van der Waals surface area contributed by atoms with Gasteiger partial charge in [-0.05, 0) is 41.5 Å². The van der Waals surface area contributed by atoms with Gasteiger partial charge >= 0.3 is 0 Å². The van der Waals surface area contributed by atoms with Crippen LogP contribution in [0, 0.1) is 0 Å². The van der Waals surface area contributed by atoms with Crippen LogP contribution in [0.25, 0.3) is 6.08 Å². The summed E-state index contributed by atoms with van der Waals surface area (Å²) < 4.78 is 0. The van der Waals surface area contributed by atoms with Gasteiger partial charge in [0.05, 0.1) is 17.4 Å². The van der Waals surface area contributed by atoms with Gasteiger partial charge in [0.15, 0.2) is 0 Å². The minimum atomic E-state index is 0.188. The number of rotatable bonds is 3. The van der Waals surface area contributed by atoms with Crippen molar-refractivity contribution in [2.75, 3.05) is 5.32 Å². The molecular weight excluding hydrogens is 340 g/mol. The van der Waals surface area contributed by atoms with Gasteiger partial charge in [-0.3, -0.25) is 4.99 Å². The van der Waals surface area contributed by atoms with Crippen LogP contribution in [0.5, 0.6) is 0 Å². The molecule has 0 bridgehead atoms. The van der Waals surface area contributed by atoms with Gasteiger partial charge in [-0.1, -0.05) is 72.3 Å². The van der Waals surface area contributed by atoms with Crippen LogP contribution in [-0.4, -0.2) is 5.71 Å². The second-order valence-corrected chi connectivity index (χ2v) is 6.75. The average molecular weight is 359 g/mol. The summed E-state index contributed by atoms with van der Waals surface area (Å²) in [7, 11) is 0. The molecule has 1 heterocycles. The molecule has 128 valence electrons. The number of nitrogens with one attached hydrogen (secondary N) is 1. The standard InChI is InChI=1S/C23H19ClN2/c24-19-13-10-17(11-14-19)12-15-20-16-23(18-6-2-1-3-7-18)26-22-9-5-4-8-21(22)25-20/h1-15,23,26H,16H2/b15-12+/t23-/m1/s1. The molecular formula is C23H19ClN2. The van der Waals surface area contributed by atoms with E-state index in [2.05, 4.69) is 47.8 Å². The Balaban J connectivity index is 1.67. The van der Waals surface area contributed by atoms with Crippen molar-refractivity contribution in [3.8, 4) is 0 Å². The number of benzene rings is 3. The smallest absolute Gasteiger partial charge is 0.0864 e. The molecule has 3 aromatic rings. The first-order valence-electron chi connectivity index (χ1n) is 8.70. The quantitative estimate of drug-likeness (QED) is 0.554. The van der Waals surface area contributed by atoms with Gasteiger partial charge in [0.25, 0.3) is 0 Å². The van der Waals surface area contributed by atoms with Gasteiger partial charge in [-0.25, -0.2) is 0 Å². The highest BCUT2D eigenvalue weighted by Gasteiger charge is 2.18. The second-order valence-electron chi connectivity index (χ2n) is 6.32. The third kappa shape index (κ3) is 3.87. The molecule has 4 rings (SSSR count). The van der Waals surface area contributed by atoms with E-state index < -0.39 is 0 Å². The summed E-state index contributed by atoms with van der Waals surface area (Å²) in [4.78, 5) is 4.89. The van der Waals surface area contributed by atoms with Gasteiger partial charge in [-0.15, -0.1) is 0 Å². The van der Waals surface area contributed by atoms with Crippen molar-refractivity contribution in [3.05, 3.63) is 101 Å². The summed E-state index contributed by atoms with van der Waals surface area (Å²) in [5.74, 6) is 0. The molecule has 1 atom stereocenters. The predicted molar refractivity (Wildman–Crippen MR) is 111 cm³/mol. The zero-order chi connectivity index (χ0) is 17.8. The van der Waals surface area contributed by atoms with E-state index in [1.807, 2.05) is 48.5 Å². The number of halogens is 1. The van der Waals surface area contributed by atoms with Crippen LogP contribution in [0.15, 0.2) is 89.9 Å². The van der Waals surface area contributed by atoms with E-state index in [4.69, 9.17) is 16.6 Å². The monoisotopic (exact) mass is 358 g/mol. The summed E-state index contributed by atoms with van der Waals surface area (Å²) in [6.45, 7) is 0. The average Bonchev–Trinajstić information content (AvgIpc) is 2.87. The van der Waals surface area contributed by atoms with Crippen LogP contribution >= 0.6 is 11.6 Å². The Morgan fingerprint density at radius 3 is 2.38 bits per heavy atom. The van der Waals surface area contributed by atoms with Gasteiger partial charge in [0.2, 0.25) is 0 Å². The number of aliphatic imine (C=N–C) groups is 1. The maximum atomic E-state index is 5.97. The van der Waals surface area contributed by atoms with Crippen molar-refractivity contribution in [1.29, 1.82) is 0 Å². The molecule has 0 aromatic heterocycles. The summed E-state index contributed by atoms with van der Waals surface area (Å²) in [6, 6.07) is 26.7. The summed E-state index contributed by atoms with van der Waals surface area (Å²) in [5.41, 5.74) is 5.46. The van der Waals surface area contributed by atoms with E-state index in [9.17, 15) is 0 Å². The molecule has 0 spiro atoms. The van der Waals surface area contributed by atoms with Gasteiger partial charge in [0.1, 0.15) is 0 Å². The zero-order valence-corrected chi connectivity index (χ0v) is 15.0. The molecule has 0 amide bonds. The largest absolute Gasteiger partial charge is 0.376 e. The van der Waals surface area contributed by atoms with Crippen molar-refractivity contribution in [2.24, 2.45) is 4.99 Å². The first-order chi connectivity index (χ1) is 12.8. The molecule has 1 aliphatic heterocycles. The second kappa shape index (κ2) is 7.59. The topological polar surface area (TPSA) is 24.4 Å². The molecule has 2 nitrogen and oxygen atoms in total. The van der Waals surface area contributed by atoms with Crippen LogP contribution in [0.4, 0.5) is 11.4 Å². The summed E-state index contributed by atoms with van der Waals surface area (Å²) >= 11 is 5.97. The predicted octanol–water partition coefficient (Wildman–Crippen LogP) is 6.68. The fraction of sp³-hybridized carbons (Fsp3) is 0.0870. The van der Waals surface area contributed by atoms with Crippen LogP contribution in [0.1, 0.15) is 23.6 Å². The SMILES string of the molecule is Clc1ccc(/C=C/C2=Nc3ccccc3N[C@@H](c3ccccc3)C2)cc1. The van der Waals surface area contributed by atoms with Crippen molar-refractivity contribution < 1.29 is 0 Å². The molecule has 0 fully saturated rings. The highest BCUT2D eigenvalue weighted by atomic mass is 35.5. The number of hydrogen-bond acceptors (Lipinski definition) is 2. The Morgan fingerprint density at radius 2 is 1.58 bits per heavy atom. The fourth-order valence-electron chi connectivity index (χ4n) is 3.10. The lowest BCUT2D eigenvalue weighted by atomic mass is 10.0. The first kappa shape index (κ1) is 16.6. The zero-order valence-electron chi connectivity index (χ0n) is 14.3. The molecule has 1 aliphatic rings. The fourth-order valence-corrected chi connectivity index (χ4v) is 3.23. The minimum Gasteiger partial charge on any atom is -0.376 e. The van der Waals surface area contributed by atoms with Gasteiger partial charge in [0, 0.05) is 17.2 Å². The third-order valence-corrected chi connectivity index (χ3v) is 4.70. The molecule has 0 radical (unpaired) electrons. The third-order valence-electron chi connectivity index (χ3n) is 4.45. The van der Waals surface area contributed by atoms with Crippen molar-refractivity contribution in [2.45, 2.75) is 12.5 Å². The van der Waals surface area contributed by atoms with E-state index >= 15 is 0 Å². The number of para-hydroxylation sites is 2. The molecule has 3 aromatic carbocycles. The summed E-state index contributed by atoms with van der Waals surface area (Å²) in [6.07, 6.45) is 5.01. The molecule has 26 heavy (non-hydrogen) atoms. The number of hydrogen-bond donors (Lipinski definition) is 1. The van der Waals surface area contributed by atoms with E-state index in [0.29, 0.717) is 0 Å². The summed E-state index contributed by atoms with van der Waals surface area (Å²) in [5, 5.41) is 4.39. The van der Waals surface area contributed by atoms with Crippen LogP contribution < -0.4 is 5.32 Å². The minimum absolute atomic E-state index is 0.188. The Bertz CT molecular complexity index is 943. The van der Waals surface area contributed by atoms with Gasteiger partial charge < -0.3 is 5.32 Å². The number of allylic oxidation sites excluding steroid dienone is 1. The lowest BCUT2D eigenvalue weighted by molar-refractivity contribution is 0.830. The molecule has 0 saturated heterocycles. The lowest BCUT2D eigenvalue weighted by Gasteiger charge is -2.18. The number of nitrogens with zero attached hydrogens (tertiary/aromatic N) is 1. The first-order valence-corrected chi connectivity index (χ1v) is 9.07. The molecule has 0 aliphatic carbocycles. The van der Waals surface area contributed by atoms with E-state index in [0.717, 1.165) is 34.1 Å². The Labute approximate surface area is 158 Å². The number of fused-ring (bicyclic) bond motifs is 1. The van der Waals surface area contributed by atoms with E-state index in [-0.39, 0.29) is 6.04 Å². The lowest BCUT2D eigenvalue weighted by Crippen LogP contribution is -2.12. The van der Waals surface area contributed by atoms with Crippen molar-refractivity contribution in [3.63, 3.8) is 0 Å². The molecule has 3 heteroatoms. The molecule has 1 N–H and O–H groups in total. The van der Waals surface area contributed by atoms with E-state index in [1.54, 1.807) is 0 Å². The Morgan fingerprint density at radius 1 is 0.846 bits per heavy atom. The Hall–Kier alpha value is -2.84. The highest BCUT2D eigenvalue weighted by molar-refractivity contribution is 6.30. The maximum absolute atomic E-state index is 5.97. The van der Waals surface area contributed by atoms with Crippen LogP contribution in [0.2, 0.25) is 5.02 Å². The highest BCUT2D eigenvalue weighted by Crippen LogP contribution is 2.34. The van der Waals surface area contributed by atoms with Gasteiger partial charge in [-0.2, -0.15) is 0 Å². The van der Waals surface area contributed by atoms with Crippen molar-refractivity contribution >= 4 is 34.8 Å².